The second kappa shape index (κ2) is 8.71. The molecule has 0 aromatic heterocycles. The molecule has 2 rings (SSSR count). The van der Waals surface area contributed by atoms with Crippen molar-refractivity contribution in [2.45, 2.75) is 58.7 Å². The van der Waals surface area contributed by atoms with Gasteiger partial charge in [0.25, 0.3) is 0 Å². The van der Waals surface area contributed by atoms with E-state index < -0.39 is 11.2 Å². The zero-order valence-corrected chi connectivity index (χ0v) is 13.9. The highest BCUT2D eigenvalue weighted by Gasteiger charge is 2.50. The fourth-order valence-corrected chi connectivity index (χ4v) is 3.03. The molecule has 0 amide bonds. The summed E-state index contributed by atoms with van der Waals surface area (Å²) in [6.45, 7) is 8.16. The molecule has 1 spiro atoms. The van der Waals surface area contributed by atoms with Crippen LogP contribution in [0.5, 0.6) is 0 Å². The van der Waals surface area contributed by atoms with Crippen LogP contribution < -0.4 is 0 Å². The Bertz CT molecular complexity index is 300. The maximum Gasteiger partial charge on any atom is 0.312 e. The molecule has 5 heteroatoms. The van der Waals surface area contributed by atoms with Crippen molar-refractivity contribution in [3.05, 3.63) is 0 Å². The topological polar surface area (TPSA) is 54.0 Å². The van der Waals surface area contributed by atoms with Crippen LogP contribution in [0.2, 0.25) is 0 Å². The lowest BCUT2D eigenvalue weighted by molar-refractivity contribution is -0.200. The molecule has 124 valence electrons. The zero-order chi connectivity index (χ0) is 15.8. The minimum atomic E-state index is -0.441. The van der Waals surface area contributed by atoms with Gasteiger partial charge in [-0.05, 0) is 26.2 Å². The molecule has 1 saturated heterocycles. The van der Waals surface area contributed by atoms with Gasteiger partial charge in [0.1, 0.15) is 0 Å². The third-order valence-corrected chi connectivity index (χ3v) is 4.28. The third-order valence-electron chi connectivity index (χ3n) is 4.28. The average Bonchev–Trinajstić information content (AvgIpc) is 2.98. The van der Waals surface area contributed by atoms with E-state index in [0.717, 1.165) is 25.7 Å². The lowest BCUT2D eigenvalue weighted by Crippen LogP contribution is -2.45. The number of carbonyl (C=O) groups excluding carboxylic acids is 1. The van der Waals surface area contributed by atoms with Gasteiger partial charge in [-0.2, -0.15) is 0 Å². The Morgan fingerprint density at radius 1 is 1.10 bits per heavy atom. The minimum Gasteiger partial charge on any atom is -0.466 e. The molecule has 0 aromatic carbocycles. The van der Waals surface area contributed by atoms with Crippen molar-refractivity contribution in [1.29, 1.82) is 0 Å². The number of ether oxygens (including phenoxy) is 4. The standard InChI is InChI=1S/C14H24O5.C2H6/c1-3-17-12(15)13(8-9-16-2)4-6-14(7-5-13)18-10-11-19-14;1-2/h3-11H2,1-2H3;1-2H3. The lowest BCUT2D eigenvalue weighted by Gasteiger charge is -2.41. The van der Waals surface area contributed by atoms with Gasteiger partial charge < -0.3 is 18.9 Å². The SMILES string of the molecule is CC.CCOC(=O)C1(CCOC)CCC2(CC1)OCCO2. The Morgan fingerprint density at radius 3 is 2.14 bits per heavy atom. The predicted octanol–water partition coefficient (Wildman–Crippen LogP) is 2.92. The minimum absolute atomic E-state index is 0.0973. The fraction of sp³-hybridized carbons (Fsp3) is 0.938. The number of rotatable bonds is 5. The van der Waals surface area contributed by atoms with Crippen molar-refractivity contribution in [2.75, 3.05) is 33.5 Å². The Hall–Kier alpha value is -0.650. The Balaban J connectivity index is 0.00000106. The van der Waals surface area contributed by atoms with Crippen molar-refractivity contribution in [3.8, 4) is 0 Å². The van der Waals surface area contributed by atoms with Crippen molar-refractivity contribution < 1.29 is 23.7 Å². The maximum absolute atomic E-state index is 12.3. The number of hydrogen-bond acceptors (Lipinski definition) is 5. The van der Waals surface area contributed by atoms with Gasteiger partial charge in [-0.25, -0.2) is 0 Å². The van der Waals surface area contributed by atoms with E-state index in [4.69, 9.17) is 18.9 Å². The first-order valence-electron chi connectivity index (χ1n) is 8.10. The van der Waals surface area contributed by atoms with Gasteiger partial charge in [0.2, 0.25) is 0 Å². The van der Waals surface area contributed by atoms with Crippen LogP contribution in [0.15, 0.2) is 0 Å². The number of hydrogen-bond donors (Lipinski definition) is 0. The molecule has 0 N–H and O–H groups in total. The summed E-state index contributed by atoms with van der Waals surface area (Å²) in [5.74, 6) is -0.539. The van der Waals surface area contributed by atoms with Crippen molar-refractivity contribution >= 4 is 5.97 Å². The van der Waals surface area contributed by atoms with Crippen LogP contribution in [0, 0.1) is 5.41 Å². The molecule has 5 nitrogen and oxygen atoms in total. The summed E-state index contributed by atoms with van der Waals surface area (Å²) >= 11 is 0. The van der Waals surface area contributed by atoms with Crippen LogP contribution in [0.3, 0.4) is 0 Å². The van der Waals surface area contributed by atoms with Gasteiger partial charge in [-0.3, -0.25) is 4.79 Å². The first kappa shape index (κ1) is 18.4. The van der Waals surface area contributed by atoms with Crippen LogP contribution in [0.25, 0.3) is 0 Å². The van der Waals surface area contributed by atoms with Crippen LogP contribution in [0.1, 0.15) is 52.9 Å². The number of methoxy groups -OCH3 is 1. The molecule has 1 saturated carbocycles. The van der Waals surface area contributed by atoms with Gasteiger partial charge >= 0.3 is 5.97 Å². The summed E-state index contributed by atoms with van der Waals surface area (Å²) in [6, 6.07) is 0. The monoisotopic (exact) mass is 302 g/mol. The summed E-state index contributed by atoms with van der Waals surface area (Å²) in [5, 5.41) is 0. The molecule has 0 atom stereocenters. The van der Waals surface area contributed by atoms with Crippen molar-refractivity contribution in [3.63, 3.8) is 0 Å². The van der Waals surface area contributed by atoms with Gasteiger partial charge in [-0.15, -0.1) is 0 Å². The summed E-state index contributed by atoms with van der Waals surface area (Å²) < 4.78 is 21.8. The van der Waals surface area contributed by atoms with Crippen LogP contribution in [-0.4, -0.2) is 45.3 Å². The quantitative estimate of drug-likeness (QED) is 0.731. The van der Waals surface area contributed by atoms with Gasteiger partial charge in [-0.1, -0.05) is 13.8 Å². The van der Waals surface area contributed by atoms with E-state index in [9.17, 15) is 4.79 Å². The Labute approximate surface area is 128 Å². The predicted molar refractivity (Wildman–Crippen MR) is 80.0 cm³/mol. The van der Waals surface area contributed by atoms with E-state index in [1.54, 1.807) is 7.11 Å². The highest BCUT2D eigenvalue weighted by atomic mass is 16.7. The normalized spacial score (nSPS) is 22.5. The molecule has 1 aliphatic heterocycles. The lowest BCUT2D eigenvalue weighted by atomic mass is 9.70. The molecular formula is C16H30O5. The largest absolute Gasteiger partial charge is 0.466 e. The molecule has 2 aliphatic rings. The maximum atomic E-state index is 12.3. The number of esters is 1. The van der Waals surface area contributed by atoms with Crippen molar-refractivity contribution in [2.24, 2.45) is 5.41 Å². The van der Waals surface area contributed by atoms with Crippen LogP contribution in [-0.2, 0) is 23.7 Å². The number of carbonyl (C=O) groups is 1. The summed E-state index contributed by atoms with van der Waals surface area (Å²) in [5.41, 5.74) is -0.424. The first-order valence-corrected chi connectivity index (χ1v) is 8.10. The highest BCUT2D eigenvalue weighted by Crippen LogP contribution is 2.47. The molecule has 0 bridgehead atoms. The summed E-state index contributed by atoms with van der Waals surface area (Å²) in [6.07, 6.45) is 3.72. The van der Waals surface area contributed by atoms with E-state index in [2.05, 4.69) is 0 Å². The molecule has 0 aromatic rings. The zero-order valence-electron chi connectivity index (χ0n) is 13.9. The van der Waals surface area contributed by atoms with E-state index in [1.807, 2.05) is 20.8 Å². The fourth-order valence-electron chi connectivity index (χ4n) is 3.03. The highest BCUT2D eigenvalue weighted by molar-refractivity contribution is 5.77. The second-order valence-electron chi connectivity index (χ2n) is 5.35. The summed E-state index contributed by atoms with van der Waals surface area (Å²) in [7, 11) is 1.66. The van der Waals surface area contributed by atoms with Gasteiger partial charge in [0.05, 0.1) is 25.2 Å². The van der Waals surface area contributed by atoms with E-state index in [1.165, 1.54) is 0 Å². The second-order valence-corrected chi connectivity index (χ2v) is 5.35. The molecule has 0 unspecified atom stereocenters. The summed E-state index contributed by atoms with van der Waals surface area (Å²) in [4.78, 5) is 12.3. The first-order chi connectivity index (χ1) is 10.2. The molecule has 2 fully saturated rings. The van der Waals surface area contributed by atoms with E-state index in [0.29, 0.717) is 32.8 Å². The van der Waals surface area contributed by atoms with Gasteiger partial charge in [0.15, 0.2) is 5.79 Å². The molecule has 21 heavy (non-hydrogen) atoms. The van der Waals surface area contributed by atoms with Crippen LogP contribution in [0.4, 0.5) is 0 Å². The smallest absolute Gasteiger partial charge is 0.312 e. The Kier molecular flexibility index (Phi) is 7.63. The third kappa shape index (κ3) is 4.41. The van der Waals surface area contributed by atoms with E-state index in [-0.39, 0.29) is 5.97 Å². The Morgan fingerprint density at radius 2 is 1.67 bits per heavy atom. The van der Waals surface area contributed by atoms with E-state index >= 15 is 0 Å². The molecule has 1 heterocycles. The average molecular weight is 302 g/mol. The van der Waals surface area contributed by atoms with Gasteiger partial charge in [0, 0.05) is 26.6 Å². The van der Waals surface area contributed by atoms with Crippen molar-refractivity contribution in [1.82, 2.24) is 0 Å². The molecule has 1 aliphatic carbocycles. The van der Waals surface area contributed by atoms with Crippen LogP contribution >= 0.6 is 0 Å². The molecular weight excluding hydrogens is 272 g/mol. The molecule has 0 radical (unpaired) electrons.